The van der Waals surface area contributed by atoms with Crippen molar-refractivity contribution in [3.05, 3.63) is 77.2 Å². The summed E-state index contributed by atoms with van der Waals surface area (Å²) in [5.41, 5.74) is 1.28. The summed E-state index contributed by atoms with van der Waals surface area (Å²) in [7, 11) is 0. The number of hydrogen-bond acceptors (Lipinski definition) is 5. The lowest BCUT2D eigenvalue weighted by molar-refractivity contribution is 0.0464. The van der Waals surface area contributed by atoms with E-state index in [1.807, 2.05) is 6.07 Å². The van der Waals surface area contributed by atoms with Crippen LogP contribution in [0.4, 0.5) is 4.39 Å². The SMILES string of the molecule is N#Cc1cccc(C(=O)OCc2cc(-c3ccccc3F)on2)c1. The van der Waals surface area contributed by atoms with E-state index in [2.05, 4.69) is 5.16 Å². The molecule has 0 bridgehead atoms. The summed E-state index contributed by atoms with van der Waals surface area (Å²) >= 11 is 0. The first-order valence-corrected chi connectivity index (χ1v) is 7.05. The minimum atomic E-state index is -0.581. The highest BCUT2D eigenvalue weighted by Gasteiger charge is 2.13. The summed E-state index contributed by atoms with van der Waals surface area (Å²) in [5, 5.41) is 12.6. The van der Waals surface area contributed by atoms with Gasteiger partial charge in [-0.05, 0) is 30.3 Å². The highest BCUT2D eigenvalue weighted by Crippen LogP contribution is 2.23. The van der Waals surface area contributed by atoms with Gasteiger partial charge in [-0.15, -0.1) is 0 Å². The van der Waals surface area contributed by atoms with Gasteiger partial charge in [-0.2, -0.15) is 5.26 Å². The Bertz CT molecular complexity index is 928. The van der Waals surface area contributed by atoms with Crippen molar-refractivity contribution in [2.24, 2.45) is 0 Å². The summed E-state index contributed by atoms with van der Waals surface area (Å²) in [4.78, 5) is 12.0. The number of carbonyl (C=O) groups is 1. The molecule has 5 nitrogen and oxygen atoms in total. The van der Waals surface area contributed by atoms with E-state index >= 15 is 0 Å². The molecular weight excluding hydrogens is 311 g/mol. The van der Waals surface area contributed by atoms with Crippen LogP contribution in [0.15, 0.2) is 59.1 Å². The van der Waals surface area contributed by atoms with E-state index in [0.717, 1.165) is 0 Å². The molecule has 3 aromatic rings. The average molecular weight is 322 g/mol. The molecule has 0 N–H and O–H groups in total. The topological polar surface area (TPSA) is 76.1 Å². The molecule has 118 valence electrons. The third-order valence-corrected chi connectivity index (χ3v) is 3.28. The molecular formula is C18H11FN2O3. The van der Waals surface area contributed by atoms with Crippen LogP contribution in [-0.4, -0.2) is 11.1 Å². The molecule has 0 aliphatic carbocycles. The van der Waals surface area contributed by atoms with Gasteiger partial charge in [0.1, 0.15) is 18.1 Å². The standard InChI is InChI=1S/C18H11FN2O3/c19-16-7-2-1-6-15(16)17-9-14(21-24-17)11-23-18(22)13-5-3-4-12(8-13)10-20/h1-9H,11H2. The van der Waals surface area contributed by atoms with Crippen molar-refractivity contribution in [3.63, 3.8) is 0 Å². The third kappa shape index (κ3) is 3.31. The predicted octanol–water partition coefficient (Wildman–Crippen LogP) is 3.71. The number of esters is 1. The first-order valence-electron chi connectivity index (χ1n) is 7.05. The number of nitrogens with zero attached hydrogens (tertiary/aromatic N) is 2. The van der Waals surface area contributed by atoms with Crippen molar-refractivity contribution in [1.29, 1.82) is 5.26 Å². The molecule has 0 saturated carbocycles. The normalized spacial score (nSPS) is 10.2. The van der Waals surface area contributed by atoms with Crippen molar-refractivity contribution >= 4 is 5.97 Å². The maximum absolute atomic E-state index is 13.7. The smallest absolute Gasteiger partial charge is 0.338 e. The van der Waals surface area contributed by atoms with Gasteiger partial charge in [-0.3, -0.25) is 0 Å². The van der Waals surface area contributed by atoms with Gasteiger partial charge in [0, 0.05) is 6.07 Å². The lowest BCUT2D eigenvalue weighted by atomic mass is 10.1. The van der Waals surface area contributed by atoms with Gasteiger partial charge in [0.15, 0.2) is 5.76 Å². The van der Waals surface area contributed by atoms with Crippen molar-refractivity contribution in [3.8, 4) is 17.4 Å². The maximum atomic E-state index is 13.7. The van der Waals surface area contributed by atoms with Crippen LogP contribution in [-0.2, 0) is 11.3 Å². The molecule has 0 atom stereocenters. The molecule has 3 rings (SSSR count). The van der Waals surface area contributed by atoms with Crippen LogP contribution in [0.25, 0.3) is 11.3 Å². The lowest BCUT2D eigenvalue weighted by Crippen LogP contribution is -2.05. The van der Waals surface area contributed by atoms with Gasteiger partial charge in [0.25, 0.3) is 0 Å². The predicted molar refractivity (Wildman–Crippen MR) is 82.2 cm³/mol. The highest BCUT2D eigenvalue weighted by molar-refractivity contribution is 5.89. The Morgan fingerprint density at radius 1 is 1.21 bits per heavy atom. The van der Waals surface area contributed by atoms with Crippen LogP contribution in [0.5, 0.6) is 0 Å². The molecule has 2 aromatic carbocycles. The second-order valence-electron chi connectivity index (χ2n) is 4.93. The minimum Gasteiger partial charge on any atom is -0.455 e. The fraction of sp³-hybridized carbons (Fsp3) is 0.0556. The van der Waals surface area contributed by atoms with E-state index in [9.17, 15) is 9.18 Å². The summed E-state index contributed by atoms with van der Waals surface area (Å²) < 4.78 is 23.9. The molecule has 0 amide bonds. The Balaban J connectivity index is 1.68. The van der Waals surface area contributed by atoms with Crippen LogP contribution in [0.1, 0.15) is 21.6 Å². The van der Waals surface area contributed by atoms with Crippen molar-refractivity contribution in [2.45, 2.75) is 6.61 Å². The number of carbonyl (C=O) groups excluding carboxylic acids is 1. The molecule has 1 heterocycles. The van der Waals surface area contributed by atoms with Crippen LogP contribution in [0, 0.1) is 17.1 Å². The Hall–Kier alpha value is -3.46. The van der Waals surface area contributed by atoms with Gasteiger partial charge < -0.3 is 9.26 Å². The molecule has 0 radical (unpaired) electrons. The molecule has 0 aliphatic heterocycles. The van der Waals surface area contributed by atoms with E-state index < -0.39 is 11.8 Å². The zero-order valence-corrected chi connectivity index (χ0v) is 12.4. The number of nitriles is 1. The van der Waals surface area contributed by atoms with Crippen LogP contribution < -0.4 is 0 Å². The van der Waals surface area contributed by atoms with Crippen molar-refractivity contribution < 1.29 is 18.4 Å². The average Bonchev–Trinajstić information content (AvgIpc) is 3.09. The summed E-state index contributed by atoms with van der Waals surface area (Å²) in [6, 6.07) is 15.8. The van der Waals surface area contributed by atoms with Gasteiger partial charge >= 0.3 is 5.97 Å². The van der Waals surface area contributed by atoms with Gasteiger partial charge in [0.05, 0.1) is 22.8 Å². The van der Waals surface area contributed by atoms with Crippen LogP contribution in [0.3, 0.4) is 0 Å². The zero-order valence-electron chi connectivity index (χ0n) is 12.4. The van der Waals surface area contributed by atoms with E-state index in [4.69, 9.17) is 14.5 Å². The molecule has 0 aliphatic rings. The molecule has 6 heteroatoms. The largest absolute Gasteiger partial charge is 0.455 e. The second kappa shape index (κ2) is 6.75. The number of ether oxygens (including phenoxy) is 1. The third-order valence-electron chi connectivity index (χ3n) is 3.28. The van der Waals surface area contributed by atoms with Crippen molar-refractivity contribution in [1.82, 2.24) is 5.16 Å². The fourth-order valence-electron chi connectivity index (χ4n) is 2.11. The Kier molecular flexibility index (Phi) is 4.34. The van der Waals surface area contributed by atoms with E-state index in [1.165, 1.54) is 18.2 Å². The van der Waals surface area contributed by atoms with Crippen LogP contribution in [0.2, 0.25) is 0 Å². The summed E-state index contributed by atoms with van der Waals surface area (Å²) in [6.45, 7) is -0.117. The Morgan fingerprint density at radius 3 is 2.83 bits per heavy atom. The first kappa shape index (κ1) is 15.4. The lowest BCUT2D eigenvalue weighted by Gasteiger charge is -2.02. The Labute approximate surface area is 136 Å². The molecule has 0 fully saturated rings. The molecule has 0 saturated heterocycles. The number of aromatic nitrogens is 1. The highest BCUT2D eigenvalue weighted by atomic mass is 19.1. The van der Waals surface area contributed by atoms with Gasteiger partial charge in [-0.1, -0.05) is 23.4 Å². The summed E-state index contributed by atoms with van der Waals surface area (Å²) in [6.07, 6.45) is 0. The molecule has 0 unspecified atom stereocenters. The molecule has 1 aromatic heterocycles. The number of hydrogen-bond donors (Lipinski definition) is 0. The Morgan fingerprint density at radius 2 is 2.04 bits per heavy atom. The van der Waals surface area contributed by atoms with E-state index in [-0.39, 0.29) is 23.5 Å². The van der Waals surface area contributed by atoms with E-state index in [1.54, 1.807) is 36.4 Å². The van der Waals surface area contributed by atoms with E-state index in [0.29, 0.717) is 11.3 Å². The quantitative estimate of drug-likeness (QED) is 0.684. The maximum Gasteiger partial charge on any atom is 0.338 e. The second-order valence-corrected chi connectivity index (χ2v) is 4.93. The first-order chi connectivity index (χ1) is 11.7. The van der Waals surface area contributed by atoms with Crippen molar-refractivity contribution in [2.75, 3.05) is 0 Å². The number of benzene rings is 2. The number of halogens is 1. The fourth-order valence-corrected chi connectivity index (χ4v) is 2.11. The summed E-state index contributed by atoms with van der Waals surface area (Å²) in [5.74, 6) is -0.751. The van der Waals surface area contributed by atoms with Gasteiger partial charge in [0.2, 0.25) is 0 Å². The monoisotopic (exact) mass is 322 g/mol. The molecule has 0 spiro atoms. The zero-order chi connectivity index (χ0) is 16.9. The van der Waals surface area contributed by atoms with Gasteiger partial charge in [-0.25, -0.2) is 9.18 Å². The van der Waals surface area contributed by atoms with Crippen LogP contribution >= 0.6 is 0 Å². The number of rotatable bonds is 4. The minimum absolute atomic E-state index is 0.117. The molecule has 24 heavy (non-hydrogen) atoms.